The summed E-state index contributed by atoms with van der Waals surface area (Å²) in [4.78, 5) is 13.0. The fourth-order valence-corrected chi connectivity index (χ4v) is 2.96. The number of piperidine rings is 1. The molecule has 2 atom stereocenters. The molecule has 0 aliphatic carbocycles. The molecule has 2 aliphatic heterocycles. The van der Waals surface area contributed by atoms with Gasteiger partial charge in [-0.25, -0.2) is 0 Å². The summed E-state index contributed by atoms with van der Waals surface area (Å²) >= 11 is 0. The molecule has 2 heterocycles. The van der Waals surface area contributed by atoms with E-state index in [0.29, 0.717) is 18.4 Å². The van der Waals surface area contributed by atoms with E-state index in [1.807, 2.05) is 0 Å². The third-order valence-corrected chi connectivity index (χ3v) is 3.86. The summed E-state index contributed by atoms with van der Waals surface area (Å²) in [5, 5.41) is 8.71. The Kier molecular flexibility index (Phi) is 4.80. The van der Waals surface area contributed by atoms with E-state index < -0.39 is 5.97 Å². The van der Waals surface area contributed by atoms with Crippen molar-refractivity contribution in [1.29, 1.82) is 0 Å². The Labute approximate surface area is 103 Å². The zero-order valence-electron chi connectivity index (χ0n) is 10.4. The monoisotopic (exact) mass is 241 g/mol. The van der Waals surface area contributed by atoms with E-state index in [4.69, 9.17) is 9.84 Å². The Morgan fingerprint density at radius 3 is 2.94 bits per heavy atom. The third-order valence-electron chi connectivity index (χ3n) is 3.86. The normalized spacial score (nSPS) is 30.6. The SMILES string of the molecule is O=C(O)CCC1CCCN(CC2CCCO2)C1. The zero-order chi connectivity index (χ0) is 12.1. The van der Waals surface area contributed by atoms with Crippen molar-refractivity contribution in [3.8, 4) is 0 Å². The van der Waals surface area contributed by atoms with E-state index in [1.54, 1.807) is 0 Å². The van der Waals surface area contributed by atoms with Crippen molar-refractivity contribution in [2.45, 2.75) is 44.6 Å². The predicted octanol–water partition coefficient (Wildman–Crippen LogP) is 1.74. The second kappa shape index (κ2) is 6.36. The highest BCUT2D eigenvalue weighted by atomic mass is 16.5. The molecule has 2 saturated heterocycles. The molecule has 2 fully saturated rings. The van der Waals surface area contributed by atoms with Crippen molar-refractivity contribution in [3.05, 3.63) is 0 Å². The zero-order valence-corrected chi connectivity index (χ0v) is 10.4. The van der Waals surface area contributed by atoms with Gasteiger partial charge < -0.3 is 14.7 Å². The lowest BCUT2D eigenvalue weighted by molar-refractivity contribution is -0.137. The molecule has 0 spiro atoms. The Bertz CT molecular complexity index is 251. The number of nitrogens with zero attached hydrogens (tertiary/aromatic N) is 1. The molecule has 4 nitrogen and oxygen atoms in total. The first-order valence-electron chi connectivity index (χ1n) is 6.80. The van der Waals surface area contributed by atoms with Crippen molar-refractivity contribution >= 4 is 5.97 Å². The molecule has 0 aromatic carbocycles. The van der Waals surface area contributed by atoms with Gasteiger partial charge in [0.15, 0.2) is 0 Å². The Morgan fingerprint density at radius 1 is 1.35 bits per heavy atom. The van der Waals surface area contributed by atoms with E-state index in [-0.39, 0.29) is 0 Å². The highest BCUT2D eigenvalue weighted by molar-refractivity contribution is 5.66. The van der Waals surface area contributed by atoms with Crippen LogP contribution in [0.25, 0.3) is 0 Å². The Balaban J connectivity index is 1.70. The average Bonchev–Trinajstić information content (AvgIpc) is 2.80. The summed E-state index contributed by atoms with van der Waals surface area (Å²) in [5.41, 5.74) is 0. The van der Waals surface area contributed by atoms with Crippen LogP contribution in [-0.4, -0.2) is 48.3 Å². The fraction of sp³-hybridized carbons (Fsp3) is 0.923. The van der Waals surface area contributed by atoms with Crippen LogP contribution in [-0.2, 0) is 9.53 Å². The molecule has 1 N–H and O–H groups in total. The molecule has 2 rings (SSSR count). The lowest BCUT2D eigenvalue weighted by Gasteiger charge is -2.33. The number of aliphatic carboxylic acids is 1. The minimum absolute atomic E-state index is 0.318. The Hall–Kier alpha value is -0.610. The van der Waals surface area contributed by atoms with Crippen molar-refractivity contribution in [2.24, 2.45) is 5.92 Å². The van der Waals surface area contributed by atoms with Gasteiger partial charge in [-0.3, -0.25) is 4.79 Å². The minimum atomic E-state index is -0.666. The largest absolute Gasteiger partial charge is 0.481 e. The standard InChI is InChI=1S/C13H23NO3/c15-13(16)6-5-11-3-1-7-14(9-11)10-12-4-2-8-17-12/h11-12H,1-10H2,(H,15,16). The van der Waals surface area contributed by atoms with E-state index in [1.165, 1.54) is 25.7 Å². The van der Waals surface area contributed by atoms with Crippen molar-refractivity contribution in [2.75, 3.05) is 26.2 Å². The molecule has 98 valence electrons. The summed E-state index contributed by atoms with van der Waals surface area (Å²) in [6, 6.07) is 0. The van der Waals surface area contributed by atoms with Crippen LogP contribution in [0.5, 0.6) is 0 Å². The van der Waals surface area contributed by atoms with E-state index in [0.717, 1.165) is 32.7 Å². The van der Waals surface area contributed by atoms with Crippen molar-refractivity contribution in [1.82, 2.24) is 4.90 Å². The highest BCUT2D eigenvalue weighted by Gasteiger charge is 2.24. The molecule has 0 amide bonds. The number of likely N-dealkylation sites (tertiary alicyclic amines) is 1. The Morgan fingerprint density at radius 2 is 2.24 bits per heavy atom. The molecule has 2 aliphatic rings. The number of hydrogen-bond donors (Lipinski definition) is 1. The van der Waals surface area contributed by atoms with Gasteiger partial charge in [-0.2, -0.15) is 0 Å². The molecule has 0 radical (unpaired) electrons. The molecule has 0 saturated carbocycles. The van der Waals surface area contributed by atoms with Crippen LogP contribution >= 0.6 is 0 Å². The summed E-state index contributed by atoms with van der Waals surface area (Å²) in [7, 11) is 0. The quantitative estimate of drug-likeness (QED) is 0.796. The van der Waals surface area contributed by atoms with Gasteiger partial charge in [0.1, 0.15) is 0 Å². The molecule has 0 aromatic rings. The fourth-order valence-electron chi connectivity index (χ4n) is 2.96. The maximum absolute atomic E-state index is 10.6. The van der Waals surface area contributed by atoms with Crippen molar-refractivity contribution in [3.63, 3.8) is 0 Å². The lowest BCUT2D eigenvalue weighted by Crippen LogP contribution is -2.40. The number of rotatable bonds is 5. The van der Waals surface area contributed by atoms with Gasteiger partial charge in [0.2, 0.25) is 0 Å². The molecule has 0 bridgehead atoms. The average molecular weight is 241 g/mol. The van der Waals surface area contributed by atoms with Gasteiger partial charge in [0.05, 0.1) is 6.10 Å². The number of ether oxygens (including phenoxy) is 1. The van der Waals surface area contributed by atoms with Gasteiger partial charge in [-0.15, -0.1) is 0 Å². The third kappa shape index (κ3) is 4.28. The minimum Gasteiger partial charge on any atom is -0.481 e. The van der Waals surface area contributed by atoms with Crippen LogP contribution in [0, 0.1) is 5.92 Å². The second-order valence-electron chi connectivity index (χ2n) is 5.34. The van der Waals surface area contributed by atoms with E-state index in [2.05, 4.69) is 4.90 Å². The number of carboxylic acid groups (broad SMARTS) is 1. The first kappa shape index (κ1) is 12.8. The van der Waals surface area contributed by atoms with Gasteiger partial charge >= 0.3 is 5.97 Å². The number of hydrogen-bond acceptors (Lipinski definition) is 3. The van der Waals surface area contributed by atoms with Crippen LogP contribution < -0.4 is 0 Å². The van der Waals surface area contributed by atoms with Crippen LogP contribution in [0.4, 0.5) is 0 Å². The highest BCUT2D eigenvalue weighted by Crippen LogP contribution is 2.22. The van der Waals surface area contributed by atoms with Gasteiger partial charge in [-0.1, -0.05) is 0 Å². The van der Waals surface area contributed by atoms with Crippen molar-refractivity contribution < 1.29 is 14.6 Å². The van der Waals surface area contributed by atoms with E-state index in [9.17, 15) is 4.79 Å². The maximum atomic E-state index is 10.6. The molecular weight excluding hydrogens is 218 g/mol. The molecular formula is C13H23NO3. The van der Waals surface area contributed by atoms with Gasteiger partial charge in [0.25, 0.3) is 0 Å². The number of carbonyl (C=O) groups is 1. The van der Waals surface area contributed by atoms with Crippen LogP contribution in [0.2, 0.25) is 0 Å². The second-order valence-corrected chi connectivity index (χ2v) is 5.34. The van der Waals surface area contributed by atoms with Gasteiger partial charge in [-0.05, 0) is 44.6 Å². The summed E-state index contributed by atoms with van der Waals surface area (Å²) in [5.74, 6) is -0.0949. The summed E-state index contributed by atoms with van der Waals surface area (Å²) in [6.45, 7) is 4.18. The van der Waals surface area contributed by atoms with Crippen LogP contribution in [0.3, 0.4) is 0 Å². The number of carboxylic acids is 1. The predicted molar refractivity (Wildman–Crippen MR) is 65.0 cm³/mol. The first-order valence-corrected chi connectivity index (χ1v) is 6.80. The lowest BCUT2D eigenvalue weighted by atomic mass is 9.93. The summed E-state index contributed by atoms with van der Waals surface area (Å²) in [6.07, 6.45) is 6.35. The smallest absolute Gasteiger partial charge is 0.303 e. The van der Waals surface area contributed by atoms with E-state index >= 15 is 0 Å². The van der Waals surface area contributed by atoms with Crippen LogP contribution in [0.1, 0.15) is 38.5 Å². The molecule has 0 aromatic heterocycles. The van der Waals surface area contributed by atoms with Gasteiger partial charge in [0, 0.05) is 26.1 Å². The molecule has 2 unspecified atom stereocenters. The first-order chi connectivity index (χ1) is 8.24. The summed E-state index contributed by atoms with van der Waals surface area (Å²) < 4.78 is 5.65. The van der Waals surface area contributed by atoms with Crippen LogP contribution in [0.15, 0.2) is 0 Å². The molecule has 17 heavy (non-hydrogen) atoms. The molecule has 4 heteroatoms. The topological polar surface area (TPSA) is 49.8 Å². The maximum Gasteiger partial charge on any atom is 0.303 e.